The highest BCUT2D eigenvalue weighted by atomic mass is 35.5. The molecule has 5 nitrogen and oxygen atoms in total. The van der Waals surface area contributed by atoms with Gasteiger partial charge in [0.2, 0.25) is 0 Å². The molecule has 0 saturated carbocycles. The highest BCUT2D eigenvalue weighted by Gasteiger charge is 2.35. The van der Waals surface area contributed by atoms with E-state index in [4.69, 9.17) is 11.6 Å². The molecule has 1 N–H and O–H groups in total. The third-order valence-corrected chi connectivity index (χ3v) is 4.72. The van der Waals surface area contributed by atoms with Crippen molar-refractivity contribution in [2.75, 3.05) is 36.4 Å². The summed E-state index contributed by atoms with van der Waals surface area (Å²) in [7, 11) is 0. The molecule has 1 aliphatic heterocycles. The minimum absolute atomic E-state index is 0.132. The van der Waals surface area contributed by atoms with Crippen LogP contribution in [-0.2, 0) is 15.8 Å². The zero-order valence-corrected chi connectivity index (χ0v) is 15.7. The van der Waals surface area contributed by atoms with Crippen LogP contribution in [0.15, 0.2) is 42.5 Å². The second-order valence-corrected chi connectivity index (χ2v) is 6.81. The molecule has 29 heavy (non-hydrogen) atoms. The summed E-state index contributed by atoms with van der Waals surface area (Å²) in [5.74, 6) is -2.54. The van der Waals surface area contributed by atoms with Gasteiger partial charge in [-0.1, -0.05) is 23.7 Å². The van der Waals surface area contributed by atoms with Crippen molar-refractivity contribution < 1.29 is 27.2 Å². The molecule has 2 aromatic carbocycles. The Morgan fingerprint density at radius 2 is 1.66 bits per heavy atom. The number of hydrogen-bond donors (Lipinski definition) is 1. The van der Waals surface area contributed by atoms with Gasteiger partial charge < -0.3 is 15.1 Å². The number of halogens is 5. The maximum Gasteiger partial charge on any atom is 0.418 e. The normalized spacial score (nSPS) is 14.7. The van der Waals surface area contributed by atoms with Crippen molar-refractivity contribution in [3.63, 3.8) is 0 Å². The molecule has 10 heteroatoms. The number of para-hydroxylation sites is 1. The van der Waals surface area contributed by atoms with Crippen LogP contribution in [0.1, 0.15) is 5.56 Å². The van der Waals surface area contributed by atoms with Crippen LogP contribution in [0.3, 0.4) is 0 Å². The van der Waals surface area contributed by atoms with E-state index in [0.717, 1.165) is 6.07 Å². The van der Waals surface area contributed by atoms with Gasteiger partial charge in [0.25, 0.3) is 0 Å². The Bertz CT molecular complexity index is 928. The number of amides is 2. The fourth-order valence-electron chi connectivity index (χ4n) is 3.04. The van der Waals surface area contributed by atoms with Crippen LogP contribution in [0.5, 0.6) is 0 Å². The molecule has 154 valence electrons. The number of anilines is 2. The van der Waals surface area contributed by atoms with E-state index < -0.39 is 35.1 Å². The van der Waals surface area contributed by atoms with Crippen molar-refractivity contribution in [2.45, 2.75) is 6.18 Å². The summed E-state index contributed by atoms with van der Waals surface area (Å²) in [6.45, 7) is 0.837. The van der Waals surface area contributed by atoms with Crippen molar-refractivity contribution in [1.29, 1.82) is 0 Å². The van der Waals surface area contributed by atoms with Gasteiger partial charge in [-0.25, -0.2) is 4.39 Å². The quantitative estimate of drug-likeness (QED) is 0.584. The first-order valence-corrected chi connectivity index (χ1v) is 9.01. The molecule has 0 atom stereocenters. The van der Waals surface area contributed by atoms with Gasteiger partial charge in [-0.15, -0.1) is 0 Å². The van der Waals surface area contributed by atoms with Gasteiger partial charge in [-0.05, 0) is 30.3 Å². The lowest BCUT2D eigenvalue weighted by atomic mass is 10.1. The van der Waals surface area contributed by atoms with Crippen molar-refractivity contribution >= 4 is 34.8 Å². The summed E-state index contributed by atoms with van der Waals surface area (Å²) >= 11 is 5.60. The number of piperazine rings is 1. The van der Waals surface area contributed by atoms with Crippen molar-refractivity contribution in [3.8, 4) is 0 Å². The molecule has 3 rings (SSSR count). The van der Waals surface area contributed by atoms with E-state index in [9.17, 15) is 27.2 Å². The second-order valence-electron chi connectivity index (χ2n) is 6.37. The Kier molecular flexibility index (Phi) is 5.97. The number of nitrogens with one attached hydrogen (secondary N) is 1. The average Bonchev–Trinajstić information content (AvgIpc) is 2.68. The Balaban J connectivity index is 1.65. The third-order valence-electron chi connectivity index (χ3n) is 4.49. The zero-order valence-electron chi connectivity index (χ0n) is 15.0. The van der Waals surface area contributed by atoms with Gasteiger partial charge >= 0.3 is 18.0 Å². The second kappa shape index (κ2) is 8.28. The maximum atomic E-state index is 13.9. The van der Waals surface area contributed by atoms with Gasteiger partial charge in [0.15, 0.2) is 0 Å². The zero-order chi connectivity index (χ0) is 21.2. The van der Waals surface area contributed by atoms with Gasteiger partial charge in [0, 0.05) is 31.2 Å². The molecule has 0 aliphatic carbocycles. The molecule has 0 aromatic heterocycles. The summed E-state index contributed by atoms with van der Waals surface area (Å²) < 4.78 is 53.3. The van der Waals surface area contributed by atoms with Gasteiger partial charge in [-0.2, -0.15) is 13.2 Å². The van der Waals surface area contributed by atoms with Crippen LogP contribution in [-0.4, -0.2) is 42.9 Å². The Labute approximate surface area is 168 Å². The molecule has 1 heterocycles. The van der Waals surface area contributed by atoms with Crippen molar-refractivity contribution in [3.05, 3.63) is 58.9 Å². The summed E-state index contributed by atoms with van der Waals surface area (Å²) in [5.41, 5.74) is -1.30. The maximum absolute atomic E-state index is 13.9. The molecule has 1 aliphatic rings. The molecule has 1 fully saturated rings. The van der Waals surface area contributed by atoms with Crippen LogP contribution in [0.25, 0.3) is 0 Å². The molecule has 1 saturated heterocycles. The number of benzene rings is 2. The van der Waals surface area contributed by atoms with Crippen LogP contribution >= 0.6 is 11.6 Å². The first-order valence-electron chi connectivity index (χ1n) is 8.63. The van der Waals surface area contributed by atoms with Gasteiger partial charge in [0.05, 0.1) is 16.9 Å². The smallest absolute Gasteiger partial charge is 0.366 e. The van der Waals surface area contributed by atoms with Crippen LogP contribution in [0.2, 0.25) is 5.02 Å². The van der Waals surface area contributed by atoms with E-state index in [1.165, 1.54) is 17.0 Å². The van der Waals surface area contributed by atoms with E-state index in [1.54, 1.807) is 23.1 Å². The number of carbonyl (C=O) groups is 2. The third kappa shape index (κ3) is 4.79. The minimum atomic E-state index is -4.75. The van der Waals surface area contributed by atoms with E-state index in [0.29, 0.717) is 11.8 Å². The molecular formula is C19H16ClF4N3O2. The van der Waals surface area contributed by atoms with E-state index >= 15 is 0 Å². The predicted molar refractivity (Wildman–Crippen MR) is 100 cm³/mol. The molecule has 0 bridgehead atoms. The van der Waals surface area contributed by atoms with Gasteiger partial charge in [-0.3, -0.25) is 9.59 Å². The number of hydrogen-bond acceptors (Lipinski definition) is 3. The average molecular weight is 430 g/mol. The Morgan fingerprint density at radius 1 is 1.00 bits per heavy atom. The first-order chi connectivity index (χ1) is 13.7. The number of rotatable bonds is 2. The SMILES string of the molecule is O=C(Nc1ccc(Cl)cc1C(F)(F)F)C(=O)N1CCN(c2ccccc2F)CC1. The minimum Gasteiger partial charge on any atom is -0.366 e. The number of alkyl halides is 3. The lowest BCUT2D eigenvalue weighted by Gasteiger charge is -2.35. The molecule has 0 spiro atoms. The Hall–Kier alpha value is -2.81. The topological polar surface area (TPSA) is 52.7 Å². The molecule has 2 amide bonds. The monoisotopic (exact) mass is 429 g/mol. The fourth-order valence-corrected chi connectivity index (χ4v) is 3.21. The van der Waals surface area contributed by atoms with E-state index in [2.05, 4.69) is 0 Å². The van der Waals surface area contributed by atoms with Crippen molar-refractivity contribution in [1.82, 2.24) is 4.90 Å². The summed E-state index contributed by atoms with van der Waals surface area (Å²) in [6, 6.07) is 9.04. The van der Waals surface area contributed by atoms with E-state index in [1.807, 2.05) is 5.32 Å². The standard InChI is InChI=1S/C19H16ClF4N3O2/c20-12-5-6-15(13(11-12)19(22,23)24)25-17(28)18(29)27-9-7-26(8-10-27)16-4-2-1-3-14(16)21/h1-6,11H,7-10H2,(H,25,28). The van der Waals surface area contributed by atoms with Gasteiger partial charge in [0.1, 0.15) is 5.82 Å². The summed E-state index contributed by atoms with van der Waals surface area (Å²) in [4.78, 5) is 27.5. The largest absolute Gasteiger partial charge is 0.418 e. The predicted octanol–water partition coefficient (Wildman–Crippen LogP) is 3.79. The molecular weight excluding hydrogens is 414 g/mol. The summed E-state index contributed by atoms with van der Waals surface area (Å²) in [5, 5.41) is 1.86. The van der Waals surface area contributed by atoms with E-state index in [-0.39, 0.29) is 31.2 Å². The first kappa shape index (κ1) is 20.9. The molecule has 0 unspecified atom stereocenters. The lowest BCUT2D eigenvalue weighted by Crippen LogP contribution is -2.51. The number of nitrogens with zero attached hydrogens (tertiary/aromatic N) is 2. The molecule has 2 aromatic rings. The summed E-state index contributed by atoms with van der Waals surface area (Å²) in [6.07, 6.45) is -4.75. The molecule has 0 radical (unpaired) electrons. The number of carbonyl (C=O) groups excluding carboxylic acids is 2. The highest BCUT2D eigenvalue weighted by molar-refractivity contribution is 6.39. The van der Waals surface area contributed by atoms with Crippen molar-refractivity contribution in [2.24, 2.45) is 0 Å². The van der Waals surface area contributed by atoms with Crippen LogP contribution in [0.4, 0.5) is 28.9 Å². The fraction of sp³-hybridized carbons (Fsp3) is 0.263. The Morgan fingerprint density at radius 3 is 2.28 bits per heavy atom. The van der Waals surface area contributed by atoms with Crippen LogP contribution in [0, 0.1) is 5.82 Å². The highest BCUT2D eigenvalue weighted by Crippen LogP contribution is 2.36. The lowest BCUT2D eigenvalue weighted by molar-refractivity contribution is -0.143. The van der Waals surface area contributed by atoms with Crippen LogP contribution < -0.4 is 10.2 Å².